The molecule has 1 heterocycles. The summed E-state index contributed by atoms with van der Waals surface area (Å²) in [6.45, 7) is 0. The summed E-state index contributed by atoms with van der Waals surface area (Å²) < 4.78 is 0. The third-order valence-corrected chi connectivity index (χ3v) is 3.67. The zero-order chi connectivity index (χ0) is 13.7. The van der Waals surface area contributed by atoms with Gasteiger partial charge in [0.15, 0.2) is 5.43 Å². The molecule has 0 saturated carbocycles. The van der Waals surface area contributed by atoms with E-state index in [2.05, 4.69) is 4.98 Å². The predicted octanol–water partition coefficient (Wildman–Crippen LogP) is 3.54. The summed E-state index contributed by atoms with van der Waals surface area (Å²) >= 11 is 0. The Balaban J connectivity index is 2.33. The summed E-state index contributed by atoms with van der Waals surface area (Å²) in [5.41, 5.74) is 1.43. The third kappa shape index (κ3) is 1.43. The molecule has 0 spiro atoms. The van der Waals surface area contributed by atoms with Gasteiger partial charge in [0.25, 0.3) is 0 Å². The van der Waals surface area contributed by atoms with E-state index in [1.807, 2.05) is 36.4 Å². The smallest absolute Gasteiger partial charge is 0.197 e. The lowest BCUT2D eigenvalue weighted by Crippen LogP contribution is -2.04. The van der Waals surface area contributed by atoms with Gasteiger partial charge in [-0.25, -0.2) is 0 Å². The molecule has 0 atom stereocenters. The molecule has 96 valence electrons. The number of phenols is 1. The van der Waals surface area contributed by atoms with Crippen LogP contribution in [0.5, 0.6) is 5.75 Å². The first-order valence-electron chi connectivity index (χ1n) is 6.40. The van der Waals surface area contributed by atoms with E-state index in [0.29, 0.717) is 16.3 Å². The zero-order valence-corrected chi connectivity index (χ0v) is 10.6. The molecule has 0 saturated heterocycles. The SMILES string of the molecule is O=c1c2ccc(O)cc2[nH]c2ccc3ccccc3c12. The van der Waals surface area contributed by atoms with Crippen molar-refractivity contribution in [1.29, 1.82) is 0 Å². The van der Waals surface area contributed by atoms with Crippen molar-refractivity contribution in [2.45, 2.75) is 0 Å². The second-order valence-electron chi connectivity index (χ2n) is 4.89. The Hall–Kier alpha value is -2.81. The van der Waals surface area contributed by atoms with Crippen molar-refractivity contribution in [2.75, 3.05) is 0 Å². The predicted molar refractivity (Wildman–Crippen MR) is 81.2 cm³/mol. The van der Waals surface area contributed by atoms with Crippen molar-refractivity contribution in [3.05, 3.63) is 64.8 Å². The number of hydrogen-bond donors (Lipinski definition) is 2. The summed E-state index contributed by atoms with van der Waals surface area (Å²) in [7, 11) is 0. The molecule has 3 nitrogen and oxygen atoms in total. The Morgan fingerprint density at radius 3 is 2.60 bits per heavy atom. The number of nitrogens with one attached hydrogen (secondary N) is 1. The van der Waals surface area contributed by atoms with E-state index in [9.17, 15) is 9.90 Å². The summed E-state index contributed by atoms with van der Waals surface area (Å²) in [6.07, 6.45) is 0. The first kappa shape index (κ1) is 11.1. The van der Waals surface area contributed by atoms with Gasteiger partial charge < -0.3 is 10.1 Å². The molecule has 2 N–H and O–H groups in total. The topological polar surface area (TPSA) is 53.1 Å². The van der Waals surface area contributed by atoms with E-state index < -0.39 is 0 Å². The maximum atomic E-state index is 12.7. The molecule has 3 heteroatoms. The fraction of sp³-hybridized carbons (Fsp3) is 0. The minimum atomic E-state index is -0.00875. The van der Waals surface area contributed by atoms with Gasteiger partial charge in [-0.1, -0.05) is 30.3 Å². The second-order valence-corrected chi connectivity index (χ2v) is 4.89. The fourth-order valence-electron chi connectivity index (χ4n) is 2.73. The Morgan fingerprint density at radius 1 is 0.850 bits per heavy atom. The maximum Gasteiger partial charge on any atom is 0.197 e. The molecule has 0 unspecified atom stereocenters. The number of pyridine rings is 1. The van der Waals surface area contributed by atoms with Crippen LogP contribution < -0.4 is 5.43 Å². The second kappa shape index (κ2) is 3.84. The van der Waals surface area contributed by atoms with E-state index in [1.165, 1.54) is 6.07 Å². The number of aromatic amines is 1. The van der Waals surface area contributed by atoms with Crippen LogP contribution in [-0.4, -0.2) is 10.1 Å². The van der Waals surface area contributed by atoms with Crippen molar-refractivity contribution in [3.63, 3.8) is 0 Å². The molecule has 0 aliphatic carbocycles. The lowest BCUT2D eigenvalue weighted by Gasteiger charge is -2.06. The zero-order valence-electron chi connectivity index (χ0n) is 10.6. The quantitative estimate of drug-likeness (QED) is 0.376. The number of phenolic OH excluding ortho intramolecular Hbond substituents is 1. The van der Waals surface area contributed by atoms with Crippen molar-refractivity contribution >= 4 is 32.6 Å². The van der Waals surface area contributed by atoms with E-state index >= 15 is 0 Å². The van der Waals surface area contributed by atoms with Gasteiger partial charge in [0.05, 0.1) is 16.4 Å². The van der Waals surface area contributed by atoms with Crippen LogP contribution in [0.15, 0.2) is 59.4 Å². The van der Waals surface area contributed by atoms with Gasteiger partial charge >= 0.3 is 0 Å². The van der Waals surface area contributed by atoms with Crippen molar-refractivity contribution in [2.24, 2.45) is 0 Å². The van der Waals surface area contributed by atoms with Gasteiger partial charge in [0.1, 0.15) is 5.75 Å². The van der Waals surface area contributed by atoms with Gasteiger partial charge in [0.2, 0.25) is 0 Å². The van der Waals surface area contributed by atoms with E-state index in [0.717, 1.165) is 16.3 Å². The van der Waals surface area contributed by atoms with Crippen LogP contribution in [0.3, 0.4) is 0 Å². The summed E-state index contributed by atoms with van der Waals surface area (Å²) in [5, 5.41) is 12.8. The molecule has 0 radical (unpaired) electrons. The first-order chi connectivity index (χ1) is 9.74. The van der Waals surface area contributed by atoms with Crippen LogP contribution in [0.1, 0.15) is 0 Å². The van der Waals surface area contributed by atoms with Gasteiger partial charge in [-0.15, -0.1) is 0 Å². The minimum Gasteiger partial charge on any atom is -0.508 e. The monoisotopic (exact) mass is 261 g/mol. The Bertz CT molecular complexity index is 1030. The maximum absolute atomic E-state index is 12.7. The number of benzene rings is 3. The van der Waals surface area contributed by atoms with Crippen molar-refractivity contribution in [1.82, 2.24) is 4.98 Å². The van der Waals surface area contributed by atoms with Crippen molar-refractivity contribution in [3.8, 4) is 5.75 Å². The number of aromatic hydroxyl groups is 1. The van der Waals surface area contributed by atoms with Gasteiger partial charge in [0, 0.05) is 11.5 Å². The van der Waals surface area contributed by atoms with Gasteiger partial charge in [-0.05, 0) is 29.0 Å². The molecule has 4 aromatic rings. The molecule has 20 heavy (non-hydrogen) atoms. The fourth-order valence-corrected chi connectivity index (χ4v) is 2.73. The number of aromatic nitrogens is 1. The molecule has 1 aromatic heterocycles. The number of H-pyrrole nitrogens is 1. The van der Waals surface area contributed by atoms with Gasteiger partial charge in [-0.2, -0.15) is 0 Å². The molecule has 0 aliphatic heterocycles. The van der Waals surface area contributed by atoms with Crippen LogP contribution in [0.25, 0.3) is 32.6 Å². The lowest BCUT2D eigenvalue weighted by molar-refractivity contribution is 0.476. The highest BCUT2D eigenvalue weighted by Gasteiger charge is 2.08. The van der Waals surface area contributed by atoms with Crippen LogP contribution in [0.2, 0.25) is 0 Å². The highest BCUT2D eigenvalue weighted by atomic mass is 16.3. The number of fused-ring (bicyclic) bond motifs is 4. The molecule has 3 aromatic carbocycles. The lowest BCUT2D eigenvalue weighted by atomic mass is 10.0. The van der Waals surface area contributed by atoms with Crippen molar-refractivity contribution < 1.29 is 5.11 Å². The Morgan fingerprint density at radius 2 is 1.70 bits per heavy atom. The molecule has 0 fully saturated rings. The summed E-state index contributed by atoms with van der Waals surface area (Å²) in [6, 6.07) is 16.5. The average molecular weight is 261 g/mol. The normalized spacial score (nSPS) is 11.4. The largest absolute Gasteiger partial charge is 0.508 e. The first-order valence-corrected chi connectivity index (χ1v) is 6.40. The average Bonchev–Trinajstić information content (AvgIpc) is 2.46. The van der Waals surface area contributed by atoms with Crippen LogP contribution in [0.4, 0.5) is 0 Å². The van der Waals surface area contributed by atoms with E-state index in [4.69, 9.17) is 0 Å². The molecule has 0 amide bonds. The minimum absolute atomic E-state index is 0.00875. The Labute approximate surface area is 114 Å². The molecular weight excluding hydrogens is 250 g/mol. The van der Waals surface area contributed by atoms with E-state index in [-0.39, 0.29) is 11.2 Å². The summed E-state index contributed by atoms with van der Waals surface area (Å²) in [5.74, 6) is 0.147. The number of rotatable bonds is 0. The number of hydrogen-bond acceptors (Lipinski definition) is 2. The molecule has 0 aliphatic rings. The van der Waals surface area contributed by atoms with Gasteiger partial charge in [-0.3, -0.25) is 4.79 Å². The van der Waals surface area contributed by atoms with E-state index in [1.54, 1.807) is 12.1 Å². The van der Waals surface area contributed by atoms with Crippen LogP contribution in [-0.2, 0) is 0 Å². The summed E-state index contributed by atoms with van der Waals surface area (Å²) in [4.78, 5) is 15.9. The highest BCUT2D eigenvalue weighted by Crippen LogP contribution is 2.24. The molecular formula is C17H11NO2. The third-order valence-electron chi connectivity index (χ3n) is 3.67. The standard InChI is InChI=1S/C17H11NO2/c19-11-6-7-13-15(9-11)18-14-8-5-10-3-1-2-4-12(10)16(14)17(13)20/h1-9,19H,(H,18,20). The van der Waals surface area contributed by atoms with Crippen LogP contribution in [0, 0.1) is 0 Å². The molecule has 0 bridgehead atoms. The van der Waals surface area contributed by atoms with Crippen LogP contribution >= 0.6 is 0 Å². The highest BCUT2D eigenvalue weighted by molar-refractivity contribution is 6.09. The molecule has 4 rings (SSSR count). The Kier molecular flexibility index (Phi) is 2.12.